The molecule has 0 aromatic carbocycles. The van der Waals surface area contributed by atoms with Crippen molar-refractivity contribution in [2.45, 2.75) is 25.7 Å². The summed E-state index contributed by atoms with van der Waals surface area (Å²) in [4.78, 5) is 9.93. The molecular formula is C14H20N4OS. The van der Waals surface area contributed by atoms with Crippen molar-refractivity contribution in [1.29, 1.82) is 0 Å². The van der Waals surface area contributed by atoms with Gasteiger partial charge >= 0.3 is 0 Å². The molecule has 5 nitrogen and oxygen atoms in total. The number of rotatable bonds is 5. The smallest absolute Gasteiger partial charge is 0.225 e. The second-order valence-electron chi connectivity index (χ2n) is 5.50. The highest BCUT2D eigenvalue weighted by Gasteiger charge is 2.33. The van der Waals surface area contributed by atoms with E-state index in [0.717, 1.165) is 35.4 Å². The lowest BCUT2D eigenvalue weighted by atomic mass is 9.87. The van der Waals surface area contributed by atoms with Crippen molar-refractivity contribution in [2.75, 3.05) is 30.8 Å². The van der Waals surface area contributed by atoms with Gasteiger partial charge in [-0.3, -0.25) is 0 Å². The van der Waals surface area contributed by atoms with Crippen LogP contribution in [-0.2, 0) is 0 Å². The molecule has 0 radical (unpaired) electrons. The van der Waals surface area contributed by atoms with Gasteiger partial charge in [0.1, 0.15) is 10.6 Å². The lowest BCUT2D eigenvalue weighted by Crippen LogP contribution is -2.30. The van der Waals surface area contributed by atoms with Gasteiger partial charge in [-0.05, 0) is 24.3 Å². The van der Waals surface area contributed by atoms with Crippen molar-refractivity contribution in [2.24, 2.45) is 5.41 Å². The van der Waals surface area contributed by atoms with E-state index in [-0.39, 0.29) is 12.0 Å². The number of hydrogen-bond acceptors (Lipinski definition) is 6. The summed E-state index contributed by atoms with van der Waals surface area (Å²) in [5.74, 6) is 1.49. The Balaban J connectivity index is 1.84. The number of thiophene rings is 1. The molecule has 1 aliphatic rings. The third kappa shape index (κ3) is 2.45. The number of hydrogen-bond donors (Lipinski definition) is 3. The Morgan fingerprint density at radius 1 is 1.35 bits per heavy atom. The average Bonchev–Trinajstić information content (AvgIpc) is 3.14. The molecule has 3 N–H and O–H groups in total. The third-order valence-corrected chi connectivity index (χ3v) is 4.99. The van der Waals surface area contributed by atoms with E-state index >= 15 is 0 Å². The fourth-order valence-electron chi connectivity index (χ4n) is 2.89. The van der Waals surface area contributed by atoms with Crippen LogP contribution in [-0.4, -0.2) is 35.3 Å². The highest BCUT2D eigenvalue weighted by molar-refractivity contribution is 7.16. The molecule has 1 fully saturated rings. The second kappa shape index (κ2) is 5.54. The van der Waals surface area contributed by atoms with Crippen molar-refractivity contribution in [3.05, 3.63) is 11.4 Å². The first-order chi connectivity index (χ1) is 9.76. The molecule has 2 aromatic rings. The van der Waals surface area contributed by atoms with Crippen LogP contribution < -0.4 is 10.6 Å². The summed E-state index contributed by atoms with van der Waals surface area (Å²) in [6.45, 7) is 1.02. The molecule has 6 heteroatoms. The van der Waals surface area contributed by atoms with E-state index in [4.69, 9.17) is 0 Å². The molecule has 0 bridgehead atoms. The number of aliphatic hydroxyl groups excluding tert-OH is 1. The Labute approximate surface area is 122 Å². The first-order valence-electron chi connectivity index (χ1n) is 7.04. The number of anilines is 2. The predicted octanol–water partition coefficient (Wildman–Crippen LogP) is 2.70. The first kappa shape index (κ1) is 13.6. The van der Waals surface area contributed by atoms with Crippen molar-refractivity contribution >= 4 is 33.3 Å². The number of nitrogens with one attached hydrogen (secondary N) is 2. The van der Waals surface area contributed by atoms with E-state index in [1.54, 1.807) is 11.3 Å². The van der Waals surface area contributed by atoms with Gasteiger partial charge in [-0.2, -0.15) is 4.98 Å². The van der Waals surface area contributed by atoms with E-state index < -0.39 is 0 Å². The van der Waals surface area contributed by atoms with E-state index in [1.807, 2.05) is 18.5 Å². The van der Waals surface area contributed by atoms with Gasteiger partial charge in [0.05, 0.1) is 12.0 Å². The van der Waals surface area contributed by atoms with Crippen LogP contribution in [0.15, 0.2) is 11.4 Å². The van der Waals surface area contributed by atoms with Gasteiger partial charge in [-0.15, -0.1) is 11.3 Å². The summed E-state index contributed by atoms with van der Waals surface area (Å²) in [7, 11) is 1.82. The summed E-state index contributed by atoms with van der Waals surface area (Å²) in [5, 5.41) is 19.2. The van der Waals surface area contributed by atoms with Gasteiger partial charge in [0.25, 0.3) is 0 Å². The van der Waals surface area contributed by atoms with Gasteiger partial charge in [-0.1, -0.05) is 12.8 Å². The molecule has 3 rings (SSSR count). The predicted molar refractivity (Wildman–Crippen MR) is 83.4 cm³/mol. The van der Waals surface area contributed by atoms with Crippen LogP contribution in [0.5, 0.6) is 0 Å². The van der Waals surface area contributed by atoms with Gasteiger partial charge in [0, 0.05) is 19.0 Å². The zero-order valence-corrected chi connectivity index (χ0v) is 12.5. The number of aliphatic hydroxyl groups is 1. The highest BCUT2D eigenvalue weighted by Crippen LogP contribution is 2.38. The molecule has 0 saturated heterocycles. The molecule has 0 unspecified atom stereocenters. The molecule has 108 valence electrons. The van der Waals surface area contributed by atoms with Gasteiger partial charge in [0.15, 0.2) is 0 Å². The van der Waals surface area contributed by atoms with Crippen LogP contribution in [0.25, 0.3) is 10.2 Å². The third-order valence-electron chi connectivity index (χ3n) is 4.18. The number of nitrogens with zero attached hydrogens (tertiary/aromatic N) is 2. The zero-order valence-electron chi connectivity index (χ0n) is 11.6. The Morgan fingerprint density at radius 3 is 2.85 bits per heavy atom. The van der Waals surface area contributed by atoms with Crippen LogP contribution in [0.4, 0.5) is 11.8 Å². The molecule has 0 atom stereocenters. The normalized spacial score (nSPS) is 17.5. The van der Waals surface area contributed by atoms with E-state index in [0.29, 0.717) is 5.95 Å². The summed E-state index contributed by atoms with van der Waals surface area (Å²) >= 11 is 1.61. The molecule has 0 amide bonds. The van der Waals surface area contributed by atoms with E-state index in [1.165, 1.54) is 12.8 Å². The molecule has 0 aliphatic heterocycles. The van der Waals surface area contributed by atoms with Crippen LogP contribution >= 0.6 is 11.3 Å². The maximum Gasteiger partial charge on any atom is 0.225 e. The molecule has 0 spiro atoms. The zero-order chi connectivity index (χ0) is 14.0. The number of fused-ring (bicyclic) bond motifs is 1. The standard InChI is InChI=1S/C14H20N4OS/c1-15-13-17-11(10-4-7-20-12(10)18-13)16-8-14(9-19)5-2-3-6-14/h4,7,19H,2-3,5-6,8-9H2,1H3,(H2,15,16,17,18). The van der Waals surface area contributed by atoms with Crippen LogP contribution in [0.1, 0.15) is 25.7 Å². The van der Waals surface area contributed by atoms with Crippen LogP contribution in [0, 0.1) is 5.41 Å². The minimum absolute atomic E-state index is 0.0209. The van der Waals surface area contributed by atoms with Crippen molar-refractivity contribution in [1.82, 2.24) is 9.97 Å². The second-order valence-corrected chi connectivity index (χ2v) is 6.40. The Hall–Kier alpha value is -1.40. The van der Waals surface area contributed by atoms with Crippen molar-refractivity contribution in [3.63, 3.8) is 0 Å². The molecule has 2 heterocycles. The first-order valence-corrected chi connectivity index (χ1v) is 7.92. The SMILES string of the molecule is CNc1nc(NCC2(CO)CCCC2)c2ccsc2n1. The summed E-state index contributed by atoms with van der Waals surface area (Å²) in [6.07, 6.45) is 4.60. The summed E-state index contributed by atoms with van der Waals surface area (Å²) in [5.41, 5.74) is 0.0209. The lowest BCUT2D eigenvalue weighted by Gasteiger charge is -2.27. The topological polar surface area (TPSA) is 70.1 Å². The minimum atomic E-state index is 0.0209. The fraction of sp³-hybridized carbons (Fsp3) is 0.571. The Kier molecular flexibility index (Phi) is 3.76. The Morgan fingerprint density at radius 2 is 2.15 bits per heavy atom. The van der Waals surface area contributed by atoms with E-state index in [2.05, 4.69) is 20.6 Å². The molecule has 2 aromatic heterocycles. The van der Waals surface area contributed by atoms with Gasteiger partial charge in [0.2, 0.25) is 5.95 Å². The fourth-order valence-corrected chi connectivity index (χ4v) is 3.65. The molecule has 1 aliphatic carbocycles. The maximum absolute atomic E-state index is 9.69. The minimum Gasteiger partial charge on any atom is -0.396 e. The van der Waals surface area contributed by atoms with E-state index in [9.17, 15) is 5.11 Å². The monoisotopic (exact) mass is 292 g/mol. The van der Waals surface area contributed by atoms with Crippen LogP contribution in [0.2, 0.25) is 0 Å². The van der Waals surface area contributed by atoms with Crippen molar-refractivity contribution in [3.8, 4) is 0 Å². The summed E-state index contributed by atoms with van der Waals surface area (Å²) in [6, 6.07) is 2.04. The molecular weight excluding hydrogens is 272 g/mol. The average molecular weight is 292 g/mol. The van der Waals surface area contributed by atoms with Crippen LogP contribution in [0.3, 0.4) is 0 Å². The largest absolute Gasteiger partial charge is 0.396 e. The quantitative estimate of drug-likeness (QED) is 0.790. The lowest BCUT2D eigenvalue weighted by molar-refractivity contribution is 0.142. The molecule has 20 heavy (non-hydrogen) atoms. The highest BCUT2D eigenvalue weighted by atomic mass is 32.1. The summed E-state index contributed by atoms with van der Waals surface area (Å²) < 4.78 is 0. The number of aromatic nitrogens is 2. The van der Waals surface area contributed by atoms with Crippen molar-refractivity contribution < 1.29 is 5.11 Å². The van der Waals surface area contributed by atoms with Gasteiger partial charge < -0.3 is 15.7 Å². The Bertz CT molecular complexity index is 592. The maximum atomic E-state index is 9.69. The molecule has 1 saturated carbocycles. The van der Waals surface area contributed by atoms with Gasteiger partial charge in [-0.25, -0.2) is 4.98 Å².